The second kappa shape index (κ2) is 7.51. The van der Waals surface area contributed by atoms with E-state index in [0.717, 1.165) is 17.0 Å². The SMILES string of the molecule is CCc1ccc(NC(=O)CSC2=NC3C(=O)N(C)C(=O)N(C)C3=[N+]2C)cc1. The molecule has 0 radical (unpaired) electrons. The molecule has 0 bridgehead atoms. The Labute approximate surface area is 161 Å². The average molecular weight is 388 g/mol. The Kier molecular flexibility index (Phi) is 5.31. The number of aliphatic imine (C=N–C) groups is 1. The van der Waals surface area contributed by atoms with Crippen molar-refractivity contribution in [3.8, 4) is 0 Å². The number of benzene rings is 1. The molecule has 1 aromatic rings. The van der Waals surface area contributed by atoms with Crippen LogP contribution in [0.3, 0.4) is 0 Å². The van der Waals surface area contributed by atoms with Gasteiger partial charge in [0.2, 0.25) is 5.91 Å². The Balaban J connectivity index is 1.65. The van der Waals surface area contributed by atoms with E-state index < -0.39 is 12.1 Å². The van der Waals surface area contributed by atoms with Crippen LogP contribution in [0.1, 0.15) is 12.5 Å². The molecule has 9 heteroatoms. The lowest BCUT2D eigenvalue weighted by atomic mass is 10.1. The number of fused-ring (bicyclic) bond motifs is 1. The first kappa shape index (κ1) is 19.1. The quantitative estimate of drug-likeness (QED) is 0.786. The minimum Gasteiger partial charge on any atom is -0.325 e. The van der Waals surface area contributed by atoms with Crippen LogP contribution in [0, 0.1) is 0 Å². The van der Waals surface area contributed by atoms with Gasteiger partial charge in [0.25, 0.3) is 23.0 Å². The lowest BCUT2D eigenvalue weighted by Gasteiger charge is -2.27. The van der Waals surface area contributed by atoms with Gasteiger partial charge in [-0.05, 0) is 35.9 Å². The number of rotatable bonds is 4. The van der Waals surface area contributed by atoms with Gasteiger partial charge in [0.05, 0.1) is 19.8 Å². The number of imide groups is 1. The lowest BCUT2D eigenvalue weighted by molar-refractivity contribution is -0.367. The van der Waals surface area contributed by atoms with Crippen molar-refractivity contribution < 1.29 is 19.0 Å². The fraction of sp³-hybridized carbons (Fsp3) is 0.389. The Hall–Kier alpha value is -2.68. The third kappa shape index (κ3) is 3.59. The normalized spacial score (nSPS) is 19.4. The Bertz CT molecular complexity index is 862. The maximum atomic E-state index is 12.3. The molecule has 27 heavy (non-hydrogen) atoms. The number of hydrogen-bond donors (Lipinski definition) is 1. The maximum Gasteiger partial charge on any atom is 0.388 e. The molecule has 1 unspecified atom stereocenters. The van der Waals surface area contributed by atoms with Crippen LogP contribution in [0.5, 0.6) is 0 Å². The third-order valence-corrected chi connectivity index (χ3v) is 5.62. The largest absolute Gasteiger partial charge is 0.388 e. The number of carbonyl (C=O) groups is 3. The van der Waals surface area contributed by atoms with Crippen LogP contribution in [-0.4, -0.2) is 76.2 Å². The highest BCUT2D eigenvalue weighted by Crippen LogP contribution is 2.22. The molecule has 1 atom stereocenters. The number of thioether (sulfide) groups is 1. The van der Waals surface area contributed by atoms with Gasteiger partial charge in [0, 0.05) is 12.7 Å². The van der Waals surface area contributed by atoms with Gasteiger partial charge in [-0.3, -0.25) is 14.5 Å². The van der Waals surface area contributed by atoms with Gasteiger partial charge < -0.3 is 5.32 Å². The molecule has 4 amide bonds. The average Bonchev–Trinajstić information content (AvgIpc) is 3.00. The molecule has 0 spiro atoms. The highest BCUT2D eigenvalue weighted by Gasteiger charge is 2.51. The summed E-state index contributed by atoms with van der Waals surface area (Å²) in [6, 6.07) is 6.57. The van der Waals surface area contributed by atoms with Crippen LogP contribution in [0.4, 0.5) is 10.5 Å². The number of urea groups is 1. The molecule has 2 aliphatic rings. The second-order valence-electron chi connectivity index (χ2n) is 6.36. The molecule has 0 aromatic heterocycles. The van der Waals surface area contributed by atoms with Crippen molar-refractivity contribution in [3.63, 3.8) is 0 Å². The summed E-state index contributed by atoms with van der Waals surface area (Å²) >= 11 is 1.23. The van der Waals surface area contributed by atoms with Crippen molar-refractivity contribution >= 4 is 46.3 Å². The summed E-state index contributed by atoms with van der Waals surface area (Å²) in [5.74, 6) is 0.144. The fourth-order valence-corrected chi connectivity index (χ4v) is 3.80. The molecule has 1 N–H and O–H groups in total. The number of nitrogens with zero attached hydrogens (tertiary/aromatic N) is 4. The van der Waals surface area contributed by atoms with Gasteiger partial charge in [-0.1, -0.05) is 19.1 Å². The second-order valence-corrected chi connectivity index (χ2v) is 7.30. The molecule has 1 aromatic carbocycles. The standard InChI is InChI=1S/C18H21N5O3S/c1-5-11-6-8-12(9-7-11)19-13(24)10-27-17-20-14-15(21(17)2)22(3)18(26)23(4)16(14)25/h6-9,14H,5,10H2,1-4H3/p+1. The molecule has 1 fully saturated rings. The number of likely N-dealkylation sites (N-methyl/N-ethyl adjacent to an activating group) is 2. The van der Waals surface area contributed by atoms with Gasteiger partial charge in [-0.15, -0.1) is 4.99 Å². The van der Waals surface area contributed by atoms with Crippen molar-refractivity contribution in [2.75, 3.05) is 32.2 Å². The van der Waals surface area contributed by atoms with Crippen molar-refractivity contribution in [2.45, 2.75) is 19.4 Å². The highest BCUT2D eigenvalue weighted by atomic mass is 32.2. The summed E-state index contributed by atoms with van der Waals surface area (Å²) in [5, 5.41) is 3.38. The first-order valence-electron chi connectivity index (χ1n) is 8.58. The summed E-state index contributed by atoms with van der Waals surface area (Å²) in [6.45, 7) is 2.08. The fourth-order valence-electron chi connectivity index (χ4n) is 3.00. The van der Waals surface area contributed by atoms with Gasteiger partial charge in [0.15, 0.2) is 0 Å². The number of nitrogens with one attached hydrogen (secondary N) is 1. The zero-order valence-electron chi connectivity index (χ0n) is 15.7. The minimum absolute atomic E-state index is 0.153. The van der Waals surface area contributed by atoms with Gasteiger partial charge in [0.1, 0.15) is 0 Å². The van der Waals surface area contributed by atoms with E-state index in [1.165, 1.54) is 29.3 Å². The first-order valence-corrected chi connectivity index (χ1v) is 9.57. The summed E-state index contributed by atoms with van der Waals surface area (Å²) in [7, 11) is 4.79. The molecule has 1 saturated heterocycles. The number of hydrogen-bond acceptors (Lipinski definition) is 5. The molecule has 2 aliphatic heterocycles. The topological polar surface area (TPSA) is 85.1 Å². The number of carbonyl (C=O) groups excluding carboxylic acids is 3. The molecule has 3 rings (SSSR count). The highest BCUT2D eigenvalue weighted by molar-refractivity contribution is 8.14. The van der Waals surface area contributed by atoms with E-state index in [4.69, 9.17) is 0 Å². The predicted molar refractivity (Wildman–Crippen MR) is 105 cm³/mol. The molecule has 142 valence electrons. The Morgan fingerprint density at radius 2 is 1.89 bits per heavy atom. The zero-order valence-corrected chi connectivity index (χ0v) is 16.5. The van der Waals surface area contributed by atoms with Gasteiger partial charge >= 0.3 is 6.03 Å². The van der Waals surface area contributed by atoms with Crippen molar-refractivity contribution in [2.24, 2.45) is 4.99 Å². The monoisotopic (exact) mass is 388 g/mol. The van der Waals surface area contributed by atoms with Gasteiger partial charge in [-0.2, -0.15) is 0 Å². The minimum atomic E-state index is -0.741. The van der Waals surface area contributed by atoms with E-state index >= 15 is 0 Å². The summed E-state index contributed by atoms with van der Waals surface area (Å²) in [5.41, 5.74) is 1.95. The van der Waals surface area contributed by atoms with Crippen LogP contribution in [0.2, 0.25) is 0 Å². The van der Waals surface area contributed by atoms with E-state index in [1.807, 2.05) is 24.3 Å². The van der Waals surface area contributed by atoms with Crippen LogP contribution in [0.25, 0.3) is 0 Å². The maximum absolute atomic E-state index is 12.3. The molecule has 2 heterocycles. The van der Waals surface area contributed by atoms with Gasteiger partial charge in [-0.25, -0.2) is 14.3 Å². The van der Waals surface area contributed by atoms with E-state index in [1.54, 1.807) is 18.7 Å². The van der Waals surface area contributed by atoms with Crippen molar-refractivity contribution in [3.05, 3.63) is 29.8 Å². The van der Waals surface area contributed by atoms with E-state index in [2.05, 4.69) is 17.2 Å². The van der Waals surface area contributed by atoms with Crippen LogP contribution < -0.4 is 5.32 Å². The first-order chi connectivity index (χ1) is 12.8. The van der Waals surface area contributed by atoms with Crippen molar-refractivity contribution in [1.82, 2.24) is 9.80 Å². The van der Waals surface area contributed by atoms with E-state index in [9.17, 15) is 14.4 Å². The van der Waals surface area contributed by atoms with E-state index in [0.29, 0.717) is 11.0 Å². The summed E-state index contributed by atoms with van der Waals surface area (Å²) < 4.78 is 1.70. The number of amides is 4. The van der Waals surface area contributed by atoms with Crippen LogP contribution in [-0.2, 0) is 16.0 Å². The summed E-state index contributed by atoms with van der Waals surface area (Å²) in [6.07, 6.45) is 0.946. The van der Waals surface area contributed by atoms with Crippen molar-refractivity contribution in [1.29, 1.82) is 0 Å². The molecule has 0 saturated carbocycles. The Morgan fingerprint density at radius 1 is 1.22 bits per heavy atom. The smallest absolute Gasteiger partial charge is 0.325 e. The molecular formula is C18H22N5O3S+. The molecule has 0 aliphatic carbocycles. The predicted octanol–water partition coefficient (Wildman–Crippen LogP) is 1.22. The lowest BCUT2D eigenvalue weighted by Crippen LogP contribution is -2.59. The summed E-state index contributed by atoms with van der Waals surface area (Å²) in [4.78, 5) is 43.5. The number of anilines is 1. The zero-order chi connectivity index (χ0) is 19.7. The number of aryl methyl sites for hydroxylation is 1. The molecule has 8 nitrogen and oxygen atoms in total. The number of amidine groups is 2. The van der Waals surface area contributed by atoms with Crippen LogP contribution in [0.15, 0.2) is 29.3 Å². The molecular weight excluding hydrogens is 366 g/mol. The van der Waals surface area contributed by atoms with E-state index in [-0.39, 0.29) is 17.6 Å². The van der Waals surface area contributed by atoms with Crippen LogP contribution >= 0.6 is 11.8 Å². The Morgan fingerprint density at radius 3 is 2.52 bits per heavy atom. The third-order valence-electron chi connectivity index (χ3n) is 4.57.